The maximum Gasteiger partial charge on any atom is 0.419 e. The van der Waals surface area contributed by atoms with Gasteiger partial charge in [-0.2, -0.15) is 13.2 Å². The first-order chi connectivity index (χ1) is 17.8. The third-order valence-corrected chi connectivity index (χ3v) is 7.50. The number of thioether (sulfide) groups is 1. The van der Waals surface area contributed by atoms with Gasteiger partial charge in [0.1, 0.15) is 36.1 Å². The zero-order valence-electron chi connectivity index (χ0n) is 21.5. The molecule has 1 saturated heterocycles. The van der Waals surface area contributed by atoms with Gasteiger partial charge in [-0.05, 0) is 92.8 Å². The number of carbonyl (C=O) groups excluding carboxylic acids is 2. The Labute approximate surface area is 223 Å². The molecule has 10 heteroatoms. The topological polar surface area (TPSA) is 73.9 Å². The Morgan fingerprint density at radius 3 is 2.53 bits per heavy atom. The number of halogens is 3. The third-order valence-electron chi connectivity index (χ3n) is 6.69. The SMILES string of the molecule is C=CCOc1c(C)c(C)c2c(c1C)CCC(C)(COc1ccc(/C=C3/SC(=O)NC3=O)cc1C(F)(F)F)O2. The van der Waals surface area contributed by atoms with E-state index in [-0.39, 0.29) is 22.8 Å². The Kier molecular flexibility index (Phi) is 7.56. The van der Waals surface area contributed by atoms with Gasteiger partial charge in [-0.25, -0.2) is 0 Å². The van der Waals surface area contributed by atoms with Crippen LogP contribution in [0.2, 0.25) is 0 Å². The Balaban J connectivity index is 1.57. The first kappa shape index (κ1) is 27.6. The number of alkyl halides is 3. The fourth-order valence-electron chi connectivity index (χ4n) is 4.53. The number of benzene rings is 2. The van der Waals surface area contributed by atoms with E-state index in [2.05, 4.69) is 11.9 Å². The van der Waals surface area contributed by atoms with Crippen LogP contribution >= 0.6 is 11.8 Å². The molecule has 0 bridgehead atoms. The monoisotopic (exact) mass is 547 g/mol. The van der Waals surface area contributed by atoms with Crippen LogP contribution in [-0.2, 0) is 17.4 Å². The average Bonchev–Trinajstić information content (AvgIpc) is 3.17. The molecular formula is C28H28F3NO5S. The summed E-state index contributed by atoms with van der Waals surface area (Å²) in [6, 6.07) is 3.53. The summed E-state index contributed by atoms with van der Waals surface area (Å²) in [5.41, 5.74) is 2.14. The van der Waals surface area contributed by atoms with Gasteiger partial charge in [0, 0.05) is 5.56 Å². The zero-order valence-corrected chi connectivity index (χ0v) is 22.3. The van der Waals surface area contributed by atoms with Crippen molar-refractivity contribution >= 4 is 29.0 Å². The quantitative estimate of drug-likeness (QED) is 0.308. The lowest BCUT2D eigenvalue weighted by Gasteiger charge is -2.38. The molecule has 0 radical (unpaired) electrons. The standard InChI is InChI=1S/C28H28F3NO5S/c1-6-11-35-23-15(2)16(3)24-19(17(23)4)9-10-27(5,37-24)14-36-21-8-7-18(12-20(21)28(29,30)31)13-22-25(33)32-26(34)38-22/h6-8,12-13H,1,9-11,14H2,2-5H3,(H,32,33,34)/b22-13+. The molecule has 2 amide bonds. The minimum atomic E-state index is -4.70. The van der Waals surface area contributed by atoms with E-state index in [0.29, 0.717) is 37.0 Å². The van der Waals surface area contributed by atoms with Crippen LogP contribution in [0.1, 0.15) is 46.7 Å². The second-order valence-corrected chi connectivity index (χ2v) is 10.6. The van der Waals surface area contributed by atoms with Gasteiger partial charge in [-0.1, -0.05) is 18.7 Å². The van der Waals surface area contributed by atoms with Crippen LogP contribution in [0.25, 0.3) is 6.08 Å². The van der Waals surface area contributed by atoms with Gasteiger partial charge >= 0.3 is 6.18 Å². The second kappa shape index (κ2) is 10.4. The third kappa shape index (κ3) is 5.55. The minimum Gasteiger partial charge on any atom is -0.489 e. The highest BCUT2D eigenvalue weighted by Gasteiger charge is 2.38. The van der Waals surface area contributed by atoms with Crippen molar-refractivity contribution in [3.05, 3.63) is 69.1 Å². The largest absolute Gasteiger partial charge is 0.489 e. The van der Waals surface area contributed by atoms with Gasteiger partial charge in [-0.3, -0.25) is 14.9 Å². The normalized spacial score (nSPS) is 20.1. The average molecular weight is 548 g/mol. The maximum atomic E-state index is 13.9. The van der Waals surface area contributed by atoms with Crippen molar-refractivity contribution in [3.8, 4) is 17.2 Å². The highest BCUT2D eigenvalue weighted by Crippen LogP contribution is 2.44. The number of amides is 2. The van der Waals surface area contributed by atoms with E-state index >= 15 is 0 Å². The molecule has 2 aliphatic heterocycles. The minimum absolute atomic E-state index is 0.0255. The molecule has 2 aromatic carbocycles. The van der Waals surface area contributed by atoms with Gasteiger partial charge < -0.3 is 14.2 Å². The lowest BCUT2D eigenvalue weighted by Crippen LogP contribution is -2.42. The molecule has 1 N–H and O–H groups in total. The highest BCUT2D eigenvalue weighted by atomic mass is 32.2. The number of fused-ring (bicyclic) bond motifs is 1. The first-order valence-electron chi connectivity index (χ1n) is 12.0. The zero-order chi connectivity index (χ0) is 27.8. The van der Waals surface area contributed by atoms with E-state index in [0.717, 1.165) is 34.1 Å². The molecule has 1 unspecified atom stereocenters. The molecule has 1 atom stereocenters. The van der Waals surface area contributed by atoms with Crippen LogP contribution in [-0.4, -0.2) is 30.0 Å². The van der Waals surface area contributed by atoms with Crippen LogP contribution in [0.4, 0.5) is 18.0 Å². The Bertz CT molecular complexity index is 1350. The van der Waals surface area contributed by atoms with Crippen LogP contribution in [0, 0.1) is 20.8 Å². The van der Waals surface area contributed by atoms with Crippen molar-refractivity contribution in [1.29, 1.82) is 0 Å². The van der Waals surface area contributed by atoms with Gasteiger partial charge in [0.05, 0.1) is 10.5 Å². The van der Waals surface area contributed by atoms with Crippen LogP contribution in [0.5, 0.6) is 17.2 Å². The first-order valence-corrected chi connectivity index (χ1v) is 12.8. The summed E-state index contributed by atoms with van der Waals surface area (Å²) < 4.78 is 59.7. The predicted molar refractivity (Wildman–Crippen MR) is 140 cm³/mol. The van der Waals surface area contributed by atoms with Crippen LogP contribution in [0.15, 0.2) is 35.8 Å². The van der Waals surface area contributed by atoms with Gasteiger partial charge in [0.2, 0.25) is 0 Å². The van der Waals surface area contributed by atoms with Crippen molar-refractivity contribution in [2.45, 2.75) is 52.3 Å². The van der Waals surface area contributed by atoms with E-state index in [1.54, 1.807) is 6.08 Å². The van der Waals surface area contributed by atoms with E-state index in [9.17, 15) is 22.8 Å². The fraction of sp³-hybridized carbons (Fsp3) is 0.357. The van der Waals surface area contributed by atoms with Crippen molar-refractivity contribution in [1.82, 2.24) is 5.32 Å². The molecule has 4 rings (SSSR count). The van der Waals surface area contributed by atoms with Crippen molar-refractivity contribution in [3.63, 3.8) is 0 Å². The lowest BCUT2D eigenvalue weighted by molar-refractivity contribution is -0.139. The molecular weight excluding hydrogens is 519 g/mol. The number of ether oxygens (including phenoxy) is 3. The summed E-state index contributed by atoms with van der Waals surface area (Å²) in [6.07, 6.45) is -0.576. The van der Waals surface area contributed by atoms with E-state index in [4.69, 9.17) is 14.2 Å². The number of hydrogen-bond donors (Lipinski definition) is 1. The van der Waals surface area contributed by atoms with Crippen molar-refractivity contribution in [2.24, 2.45) is 0 Å². The summed E-state index contributed by atoms with van der Waals surface area (Å²) in [4.78, 5) is 23.2. The molecule has 38 heavy (non-hydrogen) atoms. The number of nitrogens with one attached hydrogen (secondary N) is 1. The Hall–Kier alpha value is -3.40. The van der Waals surface area contributed by atoms with Gasteiger partial charge in [0.25, 0.3) is 11.1 Å². The Morgan fingerprint density at radius 2 is 1.89 bits per heavy atom. The molecule has 1 fully saturated rings. The molecule has 2 aromatic rings. The van der Waals surface area contributed by atoms with E-state index in [1.165, 1.54) is 18.2 Å². The smallest absolute Gasteiger partial charge is 0.419 e. The summed E-state index contributed by atoms with van der Waals surface area (Å²) in [6.45, 7) is 11.7. The summed E-state index contributed by atoms with van der Waals surface area (Å²) in [5, 5.41) is 1.51. The van der Waals surface area contributed by atoms with Crippen LogP contribution < -0.4 is 19.5 Å². The lowest BCUT2D eigenvalue weighted by atomic mass is 9.87. The molecule has 6 nitrogen and oxygen atoms in total. The Morgan fingerprint density at radius 1 is 1.16 bits per heavy atom. The molecule has 0 saturated carbocycles. The van der Waals surface area contributed by atoms with Crippen molar-refractivity contribution in [2.75, 3.05) is 13.2 Å². The number of carbonyl (C=O) groups is 2. The number of rotatable bonds is 7. The predicted octanol–water partition coefficient (Wildman–Crippen LogP) is 6.68. The molecule has 2 heterocycles. The van der Waals surface area contributed by atoms with Crippen molar-refractivity contribution < 1.29 is 37.0 Å². The number of hydrogen-bond acceptors (Lipinski definition) is 6. The summed E-state index contributed by atoms with van der Waals surface area (Å²) >= 11 is 0.637. The molecule has 0 aromatic heterocycles. The maximum absolute atomic E-state index is 13.9. The molecule has 2 aliphatic rings. The van der Waals surface area contributed by atoms with Gasteiger partial charge in [0.15, 0.2) is 0 Å². The molecule has 202 valence electrons. The van der Waals surface area contributed by atoms with E-state index in [1.807, 2.05) is 27.7 Å². The number of imide groups is 1. The van der Waals surface area contributed by atoms with E-state index < -0.39 is 28.5 Å². The highest BCUT2D eigenvalue weighted by molar-refractivity contribution is 8.18. The second-order valence-electron chi connectivity index (χ2n) is 9.56. The van der Waals surface area contributed by atoms with Crippen LogP contribution in [0.3, 0.4) is 0 Å². The molecule has 0 spiro atoms. The van der Waals surface area contributed by atoms with Gasteiger partial charge in [-0.15, -0.1) is 0 Å². The summed E-state index contributed by atoms with van der Waals surface area (Å²) in [7, 11) is 0. The fourth-order valence-corrected chi connectivity index (χ4v) is 5.21. The summed E-state index contributed by atoms with van der Waals surface area (Å²) in [5.74, 6) is 0.527. The molecule has 0 aliphatic carbocycles.